The first-order chi connectivity index (χ1) is 19.0. The van der Waals surface area contributed by atoms with Crippen LogP contribution in [0.4, 0.5) is 0 Å². The first kappa shape index (κ1) is 28.8. The van der Waals surface area contributed by atoms with E-state index in [1.165, 1.54) is 11.3 Å². The molecule has 13 heteroatoms. The summed E-state index contributed by atoms with van der Waals surface area (Å²) < 4.78 is 39.5. The average Bonchev–Trinajstić information content (AvgIpc) is 3.42. The Balaban J connectivity index is 1.85. The van der Waals surface area contributed by atoms with E-state index >= 15 is 0 Å². The Hall–Kier alpha value is -4.23. The zero-order valence-electron chi connectivity index (χ0n) is 21.9. The van der Waals surface area contributed by atoms with Crippen molar-refractivity contribution in [3.05, 3.63) is 52.0 Å². The number of para-hydroxylation sites is 1. The van der Waals surface area contributed by atoms with E-state index in [9.17, 15) is 24.0 Å². The Morgan fingerprint density at radius 3 is 2.10 bits per heavy atom. The van der Waals surface area contributed by atoms with Crippen molar-refractivity contribution in [1.82, 2.24) is 0 Å². The van der Waals surface area contributed by atoms with Crippen molar-refractivity contribution in [3.8, 4) is 16.4 Å². The predicted molar refractivity (Wildman–Crippen MR) is 138 cm³/mol. The fourth-order valence-electron chi connectivity index (χ4n) is 4.20. The van der Waals surface area contributed by atoms with Crippen molar-refractivity contribution in [1.29, 1.82) is 0 Å². The van der Waals surface area contributed by atoms with Gasteiger partial charge < -0.3 is 32.8 Å². The zero-order chi connectivity index (χ0) is 29.0. The molecule has 40 heavy (non-hydrogen) atoms. The SMILES string of the molecule is CC(=O)OC[C@H]1O[C@@H](Oc2c(-c3cccs3)oc3ccccc3c2=O)[C@H](OC(C)=O)[C@@H](OC(C)=O)[C@@H]1OC(C)=O. The maximum absolute atomic E-state index is 13.6. The molecule has 0 spiro atoms. The molecule has 0 saturated carbocycles. The number of esters is 4. The summed E-state index contributed by atoms with van der Waals surface area (Å²) in [6, 6.07) is 10.0. The van der Waals surface area contributed by atoms with Crippen LogP contribution in [0, 0.1) is 0 Å². The lowest BCUT2D eigenvalue weighted by molar-refractivity contribution is -0.288. The summed E-state index contributed by atoms with van der Waals surface area (Å²) in [7, 11) is 0. The Kier molecular flexibility index (Phi) is 8.85. The highest BCUT2D eigenvalue weighted by molar-refractivity contribution is 7.13. The summed E-state index contributed by atoms with van der Waals surface area (Å²) in [4.78, 5) is 62.0. The molecule has 0 N–H and O–H groups in total. The van der Waals surface area contributed by atoms with Gasteiger partial charge >= 0.3 is 23.9 Å². The molecule has 0 unspecified atom stereocenters. The molecule has 5 atom stereocenters. The van der Waals surface area contributed by atoms with Crippen molar-refractivity contribution < 1.29 is 52.0 Å². The predicted octanol–water partition coefficient (Wildman–Crippen LogP) is 2.98. The van der Waals surface area contributed by atoms with Gasteiger partial charge in [0.05, 0.1) is 10.3 Å². The van der Waals surface area contributed by atoms with E-state index in [2.05, 4.69) is 0 Å². The van der Waals surface area contributed by atoms with Crippen molar-refractivity contribution in [2.24, 2.45) is 0 Å². The highest BCUT2D eigenvalue weighted by atomic mass is 32.1. The lowest BCUT2D eigenvalue weighted by atomic mass is 9.98. The number of ether oxygens (including phenoxy) is 6. The van der Waals surface area contributed by atoms with E-state index in [0.29, 0.717) is 10.5 Å². The number of carbonyl (C=O) groups is 4. The van der Waals surface area contributed by atoms with Gasteiger partial charge in [-0.15, -0.1) is 11.3 Å². The van der Waals surface area contributed by atoms with Crippen molar-refractivity contribution >= 4 is 46.2 Å². The lowest BCUT2D eigenvalue weighted by Gasteiger charge is -2.43. The number of thiophene rings is 1. The quantitative estimate of drug-likeness (QED) is 0.287. The van der Waals surface area contributed by atoms with Gasteiger partial charge in [-0.25, -0.2) is 0 Å². The Labute approximate surface area is 231 Å². The van der Waals surface area contributed by atoms with Crippen LogP contribution < -0.4 is 10.2 Å². The fraction of sp³-hybridized carbons (Fsp3) is 0.370. The van der Waals surface area contributed by atoms with Gasteiger partial charge in [-0.3, -0.25) is 24.0 Å². The Morgan fingerprint density at radius 1 is 0.825 bits per heavy atom. The highest BCUT2D eigenvalue weighted by Crippen LogP contribution is 2.37. The molecule has 212 valence electrons. The summed E-state index contributed by atoms with van der Waals surface area (Å²) in [6.45, 7) is 4.05. The van der Waals surface area contributed by atoms with Crippen LogP contribution in [0.2, 0.25) is 0 Å². The van der Waals surface area contributed by atoms with Gasteiger partial charge in [-0.1, -0.05) is 18.2 Å². The summed E-state index contributed by atoms with van der Waals surface area (Å²) >= 11 is 1.29. The Morgan fingerprint density at radius 2 is 1.48 bits per heavy atom. The minimum Gasteiger partial charge on any atom is -0.463 e. The van der Waals surface area contributed by atoms with E-state index in [1.54, 1.807) is 41.8 Å². The summed E-state index contributed by atoms with van der Waals surface area (Å²) in [5.74, 6) is -3.20. The number of rotatable bonds is 8. The number of hydrogen-bond donors (Lipinski definition) is 0. The zero-order valence-corrected chi connectivity index (χ0v) is 22.8. The van der Waals surface area contributed by atoms with Crippen LogP contribution in [0.15, 0.2) is 51.0 Å². The number of benzene rings is 1. The molecular formula is C27H26O12S. The van der Waals surface area contributed by atoms with Crippen LogP contribution in [-0.4, -0.2) is 61.2 Å². The molecule has 12 nitrogen and oxygen atoms in total. The summed E-state index contributed by atoms with van der Waals surface area (Å²) in [5, 5.41) is 1.99. The topological polar surface area (TPSA) is 154 Å². The number of hydrogen-bond acceptors (Lipinski definition) is 13. The van der Waals surface area contributed by atoms with Crippen molar-refractivity contribution in [2.45, 2.75) is 58.4 Å². The van der Waals surface area contributed by atoms with Crippen LogP contribution in [-0.2, 0) is 42.9 Å². The molecule has 0 aliphatic carbocycles. The monoisotopic (exact) mass is 574 g/mol. The fourth-order valence-corrected chi connectivity index (χ4v) is 4.90. The van der Waals surface area contributed by atoms with Crippen LogP contribution >= 0.6 is 11.3 Å². The summed E-state index contributed by atoms with van der Waals surface area (Å²) in [5.41, 5.74) is -0.233. The molecular weight excluding hydrogens is 548 g/mol. The third-order valence-corrected chi connectivity index (χ3v) is 6.55. The van der Waals surface area contributed by atoms with Gasteiger partial charge in [-0.2, -0.15) is 0 Å². The lowest BCUT2D eigenvalue weighted by Crippen LogP contribution is -2.63. The molecule has 3 aromatic rings. The molecule has 0 bridgehead atoms. The second-order valence-electron chi connectivity index (χ2n) is 8.75. The second-order valence-corrected chi connectivity index (χ2v) is 9.70. The third-order valence-electron chi connectivity index (χ3n) is 5.68. The van der Waals surface area contributed by atoms with Crippen molar-refractivity contribution in [3.63, 3.8) is 0 Å². The van der Waals surface area contributed by atoms with Crippen molar-refractivity contribution in [2.75, 3.05) is 6.61 Å². The summed E-state index contributed by atoms with van der Waals surface area (Å²) in [6.07, 6.45) is -7.17. The number of carbonyl (C=O) groups excluding carboxylic acids is 4. The van der Waals surface area contributed by atoms with Crippen LogP contribution in [0.5, 0.6) is 5.75 Å². The Bertz CT molecular complexity index is 1460. The molecule has 0 radical (unpaired) electrons. The molecule has 4 rings (SSSR count). The smallest absolute Gasteiger partial charge is 0.303 e. The first-order valence-electron chi connectivity index (χ1n) is 12.1. The normalized spacial score (nSPS) is 22.2. The maximum atomic E-state index is 13.6. The van der Waals surface area contributed by atoms with Gasteiger partial charge in [0.1, 0.15) is 18.3 Å². The van der Waals surface area contributed by atoms with E-state index in [0.717, 1.165) is 27.7 Å². The van der Waals surface area contributed by atoms with Gasteiger partial charge in [0, 0.05) is 27.7 Å². The third kappa shape index (κ3) is 6.49. The molecule has 3 heterocycles. The van der Waals surface area contributed by atoms with Crippen LogP contribution in [0.3, 0.4) is 0 Å². The van der Waals surface area contributed by atoms with E-state index in [4.69, 9.17) is 32.8 Å². The van der Waals surface area contributed by atoms with Gasteiger partial charge in [-0.05, 0) is 23.6 Å². The first-order valence-corrected chi connectivity index (χ1v) is 13.0. The minimum absolute atomic E-state index is 0.0894. The van der Waals surface area contributed by atoms with Gasteiger partial charge in [0.25, 0.3) is 0 Å². The van der Waals surface area contributed by atoms with Crippen LogP contribution in [0.25, 0.3) is 21.6 Å². The molecule has 1 aliphatic rings. The van der Waals surface area contributed by atoms with Crippen LogP contribution in [0.1, 0.15) is 27.7 Å². The molecule has 0 amide bonds. The maximum Gasteiger partial charge on any atom is 0.303 e. The molecule has 2 aromatic heterocycles. The number of fused-ring (bicyclic) bond motifs is 1. The molecule has 1 aliphatic heterocycles. The van der Waals surface area contributed by atoms with E-state index < -0.39 is 66.6 Å². The minimum atomic E-state index is -1.59. The largest absolute Gasteiger partial charge is 0.463 e. The molecule has 1 saturated heterocycles. The highest BCUT2D eigenvalue weighted by Gasteiger charge is 2.53. The average molecular weight is 575 g/mol. The molecule has 1 aromatic carbocycles. The standard InChI is InChI=1S/C27H26O12S/c1-13(28)33-12-19-22(34-14(2)29)25(35-15(3)30)26(36-16(4)31)27(38-19)39-24-21(32)17-8-5-6-9-18(17)37-23(24)20-10-7-11-40-20/h5-11,19,22,25-27H,12H2,1-4H3/t19-,22-,25+,26-,27+/m1/s1. The molecule has 1 fully saturated rings. The van der Waals surface area contributed by atoms with E-state index in [1.807, 2.05) is 0 Å². The van der Waals surface area contributed by atoms with Gasteiger partial charge in [0.2, 0.25) is 23.6 Å². The van der Waals surface area contributed by atoms with E-state index in [-0.39, 0.29) is 16.9 Å². The van der Waals surface area contributed by atoms with Gasteiger partial charge in [0.15, 0.2) is 18.0 Å². The second kappa shape index (κ2) is 12.3.